The van der Waals surface area contributed by atoms with E-state index in [9.17, 15) is 9.90 Å². The van der Waals surface area contributed by atoms with Crippen molar-refractivity contribution in [3.63, 3.8) is 0 Å². The smallest absolute Gasteiger partial charge is 0.157 e. The number of ketones is 1. The first-order valence-corrected chi connectivity index (χ1v) is 13.5. The molecular weight excluding hydrogens is 414 g/mol. The van der Waals surface area contributed by atoms with Crippen molar-refractivity contribution in [1.82, 2.24) is 15.0 Å². The summed E-state index contributed by atoms with van der Waals surface area (Å²) in [7, 11) is 0. The third kappa shape index (κ3) is 3.80. The number of ether oxygens (including phenoxy) is 1. The molecular formula is C27H43N3O3. The van der Waals surface area contributed by atoms with E-state index in [0.717, 1.165) is 37.5 Å². The average Bonchev–Trinajstić information content (AvgIpc) is 3.44. The quantitative estimate of drug-likeness (QED) is 0.644. The van der Waals surface area contributed by atoms with Gasteiger partial charge in [-0.3, -0.25) is 4.79 Å². The molecule has 1 aromatic rings. The molecule has 0 saturated heterocycles. The Bertz CT molecular complexity index is 844. The van der Waals surface area contributed by atoms with E-state index in [1.807, 2.05) is 6.92 Å². The highest BCUT2D eigenvalue weighted by Crippen LogP contribution is 2.69. The van der Waals surface area contributed by atoms with Crippen LogP contribution in [0.4, 0.5) is 0 Å². The van der Waals surface area contributed by atoms with Crippen LogP contribution in [-0.4, -0.2) is 44.7 Å². The molecule has 0 aliphatic heterocycles. The van der Waals surface area contributed by atoms with Crippen LogP contribution in [0.3, 0.4) is 0 Å². The van der Waals surface area contributed by atoms with Crippen LogP contribution < -0.4 is 0 Å². The first kappa shape index (κ1) is 23.5. The lowest BCUT2D eigenvalue weighted by Gasteiger charge is -2.63. The van der Waals surface area contributed by atoms with Gasteiger partial charge in [-0.25, -0.2) is 4.68 Å². The zero-order chi connectivity index (χ0) is 23.3. The van der Waals surface area contributed by atoms with E-state index in [1.165, 1.54) is 38.5 Å². The van der Waals surface area contributed by atoms with E-state index in [2.05, 4.69) is 24.2 Å². The molecule has 6 nitrogen and oxygen atoms in total. The minimum Gasteiger partial charge on any atom is -0.387 e. The zero-order valence-electron chi connectivity index (χ0n) is 20.8. The maximum Gasteiger partial charge on any atom is 0.157 e. The molecule has 1 N–H and O–H groups in total. The van der Waals surface area contributed by atoms with Crippen LogP contribution in [0.1, 0.15) is 85.0 Å². The molecule has 1 unspecified atom stereocenters. The molecule has 1 aromatic heterocycles. The van der Waals surface area contributed by atoms with Crippen molar-refractivity contribution in [3.8, 4) is 0 Å². The molecule has 5 rings (SSSR count). The Labute approximate surface area is 198 Å². The fourth-order valence-electron chi connectivity index (χ4n) is 9.38. The van der Waals surface area contributed by atoms with E-state index in [0.29, 0.717) is 42.8 Å². The van der Waals surface area contributed by atoms with Gasteiger partial charge in [-0.15, -0.1) is 5.10 Å². The number of Topliss-reactive ketones (excluding diaryl/α,β-unsaturated/α-hetero) is 1. The maximum absolute atomic E-state index is 13.3. The van der Waals surface area contributed by atoms with Crippen LogP contribution in [0.25, 0.3) is 0 Å². The summed E-state index contributed by atoms with van der Waals surface area (Å²) in [5.74, 6) is 3.27. The number of fused-ring (bicyclic) bond motifs is 5. The van der Waals surface area contributed by atoms with Crippen LogP contribution in [0, 0.1) is 40.4 Å². The van der Waals surface area contributed by atoms with Crippen LogP contribution in [0.5, 0.6) is 0 Å². The number of rotatable bonds is 7. The van der Waals surface area contributed by atoms with Crippen LogP contribution >= 0.6 is 0 Å². The fourth-order valence-corrected chi connectivity index (χ4v) is 9.38. The lowest BCUT2D eigenvalue weighted by atomic mass is 9.42. The summed E-state index contributed by atoms with van der Waals surface area (Å²) in [5, 5.41) is 19.2. The first-order chi connectivity index (χ1) is 15.9. The highest BCUT2D eigenvalue weighted by atomic mass is 16.5. The Morgan fingerprint density at radius 3 is 2.70 bits per heavy atom. The van der Waals surface area contributed by atoms with E-state index in [1.54, 1.807) is 17.1 Å². The lowest BCUT2D eigenvalue weighted by Crippen LogP contribution is -2.57. The number of hydrogen-bond donors (Lipinski definition) is 1. The topological polar surface area (TPSA) is 77.2 Å². The summed E-state index contributed by atoms with van der Waals surface area (Å²) in [6, 6.07) is 0. The summed E-state index contributed by atoms with van der Waals surface area (Å²) in [4.78, 5) is 13.3. The SMILES string of the molecule is CCOC[C@@]1(O)CCC2(CC)[C@@H](CC[C@@H]3[C@@H]2CC[C@]2(C)[C@@H](C(=O)Cn4ccnn4)CC[C@@H]32)C1. The summed E-state index contributed by atoms with van der Waals surface area (Å²) < 4.78 is 7.37. The van der Waals surface area contributed by atoms with Crippen molar-refractivity contribution in [3.05, 3.63) is 12.4 Å². The van der Waals surface area contributed by atoms with Gasteiger partial charge in [-0.2, -0.15) is 0 Å². The summed E-state index contributed by atoms with van der Waals surface area (Å²) in [6.45, 7) is 8.36. The van der Waals surface area contributed by atoms with Gasteiger partial charge >= 0.3 is 0 Å². The van der Waals surface area contributed by atoms with Gasteiger partial charge in [0.25, 0.3) is 0 Å². The standard InChI is InChI=1S/C27H43N3O3/c1-4-27-13-12-26(32,18-33-5-2)16-19(27)6-7-20-21-8-9-23(25(21,3)11-10-22(20)27)24(31)17-30-15-14-28-29-30/h14-15,19-23,32H,4-13,16-18H2,1-3H3/t19-,20-,21-,22-,23+,25-,26+,27?/m0/s1. The van der Waals surface area contributed by atoms with Crippen molar-refractivity contribution < 1.29 is 14.6 Å². The molecule has 8 atom stereocenters. The monoisotopic (exact) mass is 457 g/mol. The molecule has 0 amide bonds. The van der Waals surface area contributed by atoms with Crippen molar-refractivity contribution in [1.29, 1.82) is 0 Å². The number of carbonyl (C=O) groups excluding carboxylic acids is 1. The number of aromatic nitrogens is 3. The van der Waals surface area contributed by atoms with Gasteiger partial charge in [0.15, 0.2) is 5.78 Å². The number of hydrogen-bond acceptors (Lipinski definition) is 5. The van der Waals surface area contributed by atoms with Gasteiger partial charge in [0.2, 0.25) is 0 Å². The number of nitrogens with zero attached hydrogens (tertiary/aromatic N) is 3. The minimum absolute atomic E-state index is 0.130. The Balaban J connectivity index is 1.33. The van der Waals surface area contributed by atoms with E-state index >= 15 is 0 Å². The van der Waals surface area contributed by atoms with Crippen molar-refractivity contribution >= 4 is 5.78 Å². The molecule has 33 heavy (non-hydrogen) atoms. The van der Waals surface area contributed by atoms with Gasteiger partial charge in [0.05, 0.1) is 18.4 Å². The maximum atomic E-state index is 13.3. The minimum atomic E-state index is -0.637. The Hall–Kier alpha value is -1.27. The predicted molar refractivity (Wildman–Crippen MR) is 126 cm³/mol. The van der Waals surface area contributed by atoms with E-state index in [-0.39, 0.29) is 11.3 Å². The van der Waals surface area contributed by atoms with Crippen molar-refractivity contribution in [2.45, 2.75) is 97.1 Å². The largest absolute Gasteiger partial charge is 0.387 e. The fraction of sp³-hybridized carbons (Fsp3) is 0.889. The molecule has 0 bridgehead atoms. The van der Waals surface area contributed by atoms with E-state index < -0.39 is 5.60 Å². The van der Waals surface area contributed by atoms with Gasteiger partial charge < -0.3 is 9.84 Å². The summed E-state index contributed by atoms with van der Waals surface area (Å²) >= 11 is 0. The number of aliphatic hydroxyl groups is 1. The average molecular weight is 458 g/mol. The van der Waals surface area contributed by atoms with Crippen molar-refractivity contribution in [2.75, 3.05) is 13.2 Å². The third-order valence-corrected chi connectivity index (χ3v) is 10.9. The molecule has 0 aromatic carbocycles. The Kier molecular flexibility index (Phi) is 6.22. The molecule has 0 radical (unpaired) electrons. The first-order valence-electron chi connectivity index (χ1n) is 13.5. The van der Waals surface area contributed by atoms with Crippen LogP contribution in [0.15, 0.2) is 12.4 Å². The van der Waals surface area contributed by atoms with Crippen LogP contribution in [0.2, 0.25) is 0 Å². The molecule has 0 spiro atoms. The summed E-state index contributed by atoms with van der Waals surface area (Å²) in [6.07, 6.45) is 14.7. The molecule has 4 fully saturated rings. The molecule has 4 aliphatic carbocycles. The van der Waals surface area contributed by atoms with Gasteiger partial charge in [-0.1, -0.05) is 19.1 Å². The predicted octanol–water partition coefficient (Wildman–Crippen LogP) is 4.66. The van der Waals surface area contributed by atoms with Gasteiger partial charge in [0, 0.05) is 18.7 Å². The molecule has 6 heteroatoms. The third-order valence-electron chi connectivity index (χ3n) is 10.9. The zero-order valence-corrected chi connectivity index (χ0v) is 20.8. The number of carbonyl (C=O) groups is 1. The Morgan fingerprint density at radius 2 is 1.97 bits per heavy atom. The lowest BCUT2D eigenvalue weighted by molar-refractivity contribution is -0.173. The molecule has 4 aliphatic rings. The highest BCUT2D eigenvalue weighted by molar-refractivity contribution is 5.82. The molecule has 184 valence electrons. The molecule has 4 saturated carbocycles. The van der Waals surface area contributed by atoms with Gasteiger partial charge in [-0.05, 0) is 106 Å². The Morgan fingerprint density at radius 1 is 1.12 bits per heavy atom. The second-order valence-corrected chi connectivity index (χ2v) is 12.0. The second kappa shape index (κ2) is 8.75. The summed E-state index contributed by atoms with van der Waals surface area (Å²) in [5.41, 5.74) is -0.141. The van der Waals surface area contributed by atoms with Crippen LogP contribution in [-0.2, 0) is 16.1 Å². The second-order valence-electron chi connectivity index (χ2n) is 12.0. The highest BCUT2D eigenvalue weighted by Gasteiger charge is 2.62. The van der Waals surface area contributed by atoms with E-state index in [4.69, 9.17) is 4.74 Å². The van der Waals surface area contributed by atoms with Gasteiger partial charge in [0.1, 0.15) is 6.54 Å². The normalized spacial score (nSPS) is 44.7. The molecule has 1 heterocycles. The van der Waals surface area contributed by atoms with Crippen molar-refractivity contribution in [2.24, 2.45) is 40.4 Å².